The molecule has 0 aliphatic carbocycles. The summed E-state index contributed by atoms with van der Waals surface area (Å²) in [6, 6.07) is 28.6. The number of carboxylic acid groups (broad SMARTS) is 1. The second-order valence-corrected chi connectivity index (χ2v) is 15.4. The van der Waals surface area contributed by atoms with Gasteiger partial charge in [0.15, 0.2) is 12.2 Å². The summed E-state index contributed by atoms with van der Waals surface area (Å²) < 4.78 is 0. The van der Waals surface area contributed by atoms with Crippen molar-refractivity contribution in [2.45, 2.75) is 62.1 Å². The maximum absolute atomic E-state index is 14.5. The summed E-state index contributed by atoms with van der Waals surface area (Å²) in [5.41, 5.74) is 3.59. The summed E-state index contributed by atoms with van der Waals surface area (Å²) in [4.78, 5) is 82.3. The van der Waals surface area contributed by atoms with Crippen molar-refractivity contribution in [2.24, 2.45) is 0 Å². The van der Waals surface area contributed by atoms with Crippen LogP contribution in [-0.2, 0) is 54.5 Å². The Labute approximate surface area is 354 Å². The van der Waals surface area contributed by atoms with Crippen LogP contribution in [0.4, 0.5) is 5.69 Å². The van der Waals surface area contributed by atoms with E-state index in [0.29, 0.717) is 21.6 Å². The third-order valence-corrected chi connectivity index (χ3v) is 11.0. The number of hydrogen-bond acceptors (Lipinski definition) is 10. The summed E-state index contributed by atoms with van der Waals surface area (Å²) in [5.74, 6) is -6.38. The Hall–Kier alpha value is -7.19. The van der Waals surface area contributed by atoms with Crippen LogP contribution >= 0.6 is 11.3 Å². The van der Waals surface area contributed by atoms with E-state index in [1.807, 2.05) is 42.5 Å². The van der Waals surface area contributed by atoms with E-state index < -0.39 is 71.9 Å². The van der Waals surface area contributed by atoms with Crippen molar-refractivity contribution in [1.82, 2.24) is 21.3 Å². The smallest absolute Gasteiger partial charge is 0.326 e. The number of fused-ring (bicyclic) bond motifs is 18. The summed E-state index contributed by atoms with van der Waals surface area (Å²) in [6.45, 7) is 0. The number of aliphatic hydroxyl groups is 2. The molecule has 7 rings (SSSR count). The Morgan fingerprint density at radius 1 is 0.623 bits per heavy atom. The van der Waals surface area contributed by atoms with Crippen molar-refractivity contribution < 1.29 is 44.1 Å². The zero-order valence-electron chi connectivity index (χ0n) is 32.5. The fourth-order valence-corrected chi connectivity index (χ4v) is 7.47. The molecule has 5 amide bonds. The van der Waals surface area contributed by atoms with E-state index in [4.69, 9.17) is 0 Å². The van der Waals surface area contributed by atoms with Gasteiger partial charge in [-0.1, -0.05) is 91.0 Å². The summed E-state index contributed by atoms with van der Waals surface area (Å²) in [7, 11) is 0. The molecule has 1 aromatic heterocycles. The van der Waals surface area contributed by atoms with Gasteiger partial charge in [0, 0.05) is 36.2 Å². The van der Waals surface area contributed by atoms with E-state index in [0.717, 1.165) is 11.1 Å². The average Bonchev–Trinajstić information content (AvgIpc) is 3.79. The van der Waals surface area contributed by atoms with Crippen LogP contribution in [0.25, 0.3) is 11.1 Å². The van der Waals surface area contributed by atoms with E-state index in [1.54, 1.807) is 47.8 Å². The van der Waals surface area contributed by atoms with Crippen LogP contribution in [0.3, 0.4) is 0 Å². The van der Waals surface area contributed by atoms with Crippen molar-refractivity contribution in [3.8, 4) is 17.2 Å². The molecule has 2 aliphatic heterocycles. The summed E-state index contributed by atoms with van der Waals surface area (Å²) >= 11 is 1.27. The summed E-state index contributed by atoms with van der Waals surface area (Å²) in [6.07, 6.45) is -5.28. The van der Waals surface area contributed by atoms with Gasteiger partial charge in [-0.25, -0.2) is 4.79 Å². The molecule has 8 N–H and O–H groups in total. The summed E-state index contributed by atoms with van der Waals surface area (Å²) in [5, 5.41) is 56.0. The number of benzene rings is 4. The van der Waals surface area contributed by atoms with Gasteiger partial charge >= 0.3 is 5.97 Å². The van der Waals surface area contributed by atoms with Crippen LogP contribution < -0.4 is 26.6 Å². The normalized spacial score (nSPS) is 21.7. The molecule has 4 aromatic carbocycles. The molecule has 0 unspecified atom stereocenters. The number of nitrogens with one attached hydrogen (secondary N) is 5. The third kappa shape index (κ3) is 11.5. The number of anilines is 1. The Morgan fingerprint density at radius 3 is 1.84 bits per heavy atom. The van der Waals surface area contributed by atoms with Gasteiger partial charge in [-0.05, 0) is 57.5 Å². The molecular weight excluding hydrogens is 801 g/mol. The van der Waals surface area contributed by atoms with Gasteiger partial charge < -0.3 is 41.9 Å². The number of hydrogen-bond donors (Lipinski definition) is 8. The molecule has 2 aliphatic rings. The van der Waals surface area contributed by atoms with Gasteiger partial charge in [0.05, 0.1) is 11.6 Å². The van der Waals surface area contributed by atoms with Crippen LogP contribution in [0.5, 0.6) is 0 Å². The highest BCUT2D eigenvalue weighted by molar-refractivity contribution is 7.09. The largest absolute Gasteiger partial charge is 0.480 e. The zero-order valence-corrected chi connectivity index (χ0v) is 33.3. The van der Waals surface area contributed by atoms with Gasteiger partial charge in [0.2, 0.25) is 17.7 Å². The second kappa shape index (κ2) is 20.2. The first-order chi connectivity index (χ1) is 29.4. The highest BCUT2D eigenvalue weighted by Crippen LogP contribution is 2.21. The predicted octanol–water partition coefficient (Wildman–Crippen LogP) is 2.26. The van der Waals surface area contributed by atoms with Crippen molar-refractivity contribution in [2.75, 3.05) is 5.32 Å². The minimum atomic E-state index is -2.32. The second-order valence-electron chi connectivity index (χ2n) is 14.4. The molecule has 0 saturated carbocycles. The number of nitrogens with zero attached hydrogens (tertiary/aromatic N) is 1. The van der Waals surface area contributed by atoms with Crippen LogP contribution in [0.15, 0.2) is 121 Å². The van der Waals surface area contributed by atoms with E-state index in [2.05, 4.69) is 32.7 Å². The lowest BCUT2D eigenvalue weighted by molar-refractivity contribution is -0.145. The number of aliphatic carboxylic acids is 1. The molecule has 3 heterocycles. The lowest BCUT2D eigenvalue weighted by Crippen LogP contribution is -2.60. The standard InChI is InChI=1S/C45H42N6O9S/c46-25-31-10-5-4-9-30(31)23-35-41(55)51-37(45(59)60)22-27-14-18-32(19-15-27)47-43(57)38(52)39(53)44(58)50-36(24-33-11-6-20-61-33)42(56)48-34(40(54)49-35)21-26-12-16-29(17-13-26)28-7-2-1-3-8-28/h1-20,34-39,52-53H,21-24H2,(H,47,57)(H,48,56)(H,49,54)(H,50,58)(H,51,55)(H,59,60)/t34-,35+,36+,37-,38+,39+/m0/s1. The Kier molecular flexibility index (Phi) is 14.4. The first-order valence-electron chi connectivity index (χ1n) is 19.2. The number of carbonyl (C=O) groups excluding carboxylic acids is 5. The van der Waals surface area contributed by atoms with Crippen molar-refractivity contribution in [3.05, 3.63) is 148 Å². The first-order valence-corrected chi connectivity index (χ1v) is 20.1. The maximum atomic E-state index is 14.5. The molecule has 0 fully saturated rings. The highest BCUT2D eigenvalue weighted by Gasteiger charge is 2.36. The van der Waals surface area contributed by atoms with Crippen molar-refractivity contribution in [1.29, 1.82) is 5.26 Å². The minimum absolute atomic E-state index is 0.108. The molecule has 2 bridgehead atoms. The monoisotopic (exact) mass is 842 g/mol. The average molecular weight is 843 g/mol. The van der Waals surface area contributed by atoms with Gasteiger partial charge in [-0.3, -0.25) is 24.0 Å². The van der Waals surface area contributed by atoms with Crippen LogP contribution in [0.2, 0.25) is 0 Å². The molecule has 16 heteroatoms. The van der Waals surface area contributed by atoms with E-state index in [9.17, 15) is 49.3 Å². The number of amides is 5. The van der Waals surface area contributed by atoms with Gasteiger partial charge in [0.25, 0.3) is 11.8 Å². The van der Waals surface area contributed by atoms with Gasteiger partial charge in [-0.2, -0.15) is 5.26 Å². The molecule has 5 aromatic rings. The molecular formula is C45H42N6O9S. The number of aliphatic hydroxyl groups excluding tert-OH is 2. The Balaban J connectivity index is 1.39. The van der Waals surface area contributed by atoms with E-state index >= 15 is 0 Å². The van der Waals surface area contributed by atoms with E-state index in [-0.39, 0.29) is 36.9 Å². The molecule has 61 heavy (non-hydrogen) atoms. The number of nitriles is 1. The molecule has 0 saturated heterocycles. The lowest BCUT2D eigenvalue weighted by Gasteiger charge is -2.27. The van der Waals surface area contributed by atoms with Crippen LogP contribution in [0.1, 0.15) is 27.1 Å². The number of rotatable bonds is 8. The number of thiophene rings is 1. The highest BCUT2D eigenvalue weighted by atomic mass is 32.1. The number of carboxylic acids is 1. The fourth-order valence-electron chi connectivity index (χ4n) is 6.72. The lowest BCUT2D eigenvalue weighted by atomic mass is 9.97. The van der Waals surface area contributed by atoms with Crippen LogP contribution in [0, 0.1) is 11.3 Å². The van der Waals surface area contributed by atoms with Crippen LogP contribution in [-0.4, -0.2) is 87.2 Å². The predicted molar refractivity (Wildman–Crippen MR) is 225 cm³/mol. The molecule has 312 valence electrons. The molecule has 0 spiro atoms. The van der Waals surface area contributed by atoms with E-state index in [1.165, 1.54) is 41.7 Å². The quantitative estimate of drug-likeness (QED) is 0.106. The first kappa shape index (κ1) is 43.4. The molecule has 6 atom stereocenters. The zero-order chi connectivity index (χ0) is 43.5. The van der Waals surface area contributed by atoms with Crippen molar-refractivity contribution in [3.63, 3.8) is 0 Å². The van der Waals surface area contributed by atoms with Gasteiger partial charge in [-0.15, -0.1) is 11.3 Å². The third-order valence-electron chi connectivity index (χ3n) is 10.1. The Morgan fingerprint density at radius 2 is 1.20 bits per heavy atom. The van der Waals surface area contributed by atoms with Gasteiger partial charge in [0.1, 0.15) is 24.2 Å². The fraction of sp³-hybridized carbons (Fsp3) is 0.222. The maximum Gasteiger partial charge on any atom is 0.326 e. The SMILES string of the molecule is N#Cc1ccccc1C[C@H]1NC(=O)[C@H](Cc2ccc(-c3ccccc3)cc2)NC(=O)[C@@H](Cc2cccs2)NC(=O)[C@H](O)[C@@H](O)C(=O)Nc2ccc(cc2)C[C@@H](C(=O)O)NC1=O. The Bertz CT molecular complexity index is 2400. The topological polar surface area (TPSA) is 247 Å². The molecule has 0 radical (unpaired) electrons. The molecule has 15 nitrogen and oxygen atoms in total. The van der Waals surface area contributed by atoms with Crippen molar-refractivity contribution >= 4 is 52.5 Å². The number of carbonyl (C=O) groups is 6. The minimum Gasteiger partial charge on any atom is -0.480 e.